The van der Waals surface area contributed by atoms with E-state index in [1.807, 2.05) is 13.0 Å². The van der Waals surface area contributed by atoms with Gasteiger partial charge in [-0.2, -0.15) is 0 Å². The minimum atomic E-state index is -0.498. The molecule has 1 aliphatic heterocycles. The molecule has 1 heterocycles. The van der Waals surface area contributed by atoms with Gasteiger partial charge in [0.2, 0.25) is 0 Å². The van der Waals surface area contributed by atoms with Crippen molar-refractivity contribution in [3.63, 3.8) is 0 Å². The Morgan fingerprint density at radius 2 is 2.38 bits per heavy atom. The summed E-state index contributed by atoms with van der Waals surface area (Å²) in [4.78, 5) is 13.2. The van der Waals surface area contributed by atoms with Crippen LogP contribution in [0.2, 0.25) is 5.02 Å². The van der Waals surface area contributed by atoms with Crippen LogP contribution in [-0.2, 0) is 4.74 Å². The maximum Gasteiger partial charge on any atom is 0.415 e. The third kappa shape index (κ3) is 1.74. The average molecular weight is 241 g/mol. The molecular weight excluding hydrogens is 228 g/mol. The molecular formula is C11H13ClN2O2. The van der Waals surface area contributed by atoms with E-state index in [9.17, 15) is 4.79 Å². The minimum Gasteiger partial charge on any atom is -0.447 e. The Hall–Kier alpha value is -1.26. The standard InChI is InChI=1S/C11H13ClN2O2/c1-11(6-13)7-16-10(15)14(11)9-4-2-3-8(12)5-9/h2-5H,6-7,13H2,1H3. The fourth-order valence-corrected chi connectivity index (χ4v) is 1.93. The first-order valence-corrected chi connectivity index (χ1v) is 5.37. The van der Waals surface area contributed by atoms with Crippen molar-refractivity contribution in [3.8, 4) is 0 Å². The summed E-state index contributed by atoms with van der Waals surface area (Å²) < 4.78 is 5.03. The molecule has 1 aromatic carbocycles. The zero-order valence-corrected chi connectivity index (χ0v) is 9.70. The van der Waals surface area contributed by atoms with Gasteiger partial charge >= 0.3 is 6.09 Å². The summed E-state index contributed by atoms with van der Waals surface area (Å²) in [5, 5.41) is 0.580. The summed E-state index contributed by atoms with van der Waals surface area (Å²) >= 11 is 5.90. The normalized spacial score (nSPS) is 24.7. The van der Waals surface area contributed by atoms with Gasteiger partial charge in [-0.1, -0.05) is 17.7 Å². The topological polar surface area (TPSA) is 55.6 Å². The molecule has 1 atom stereocenters. The molecule has 4 nitrogen and oxygen atoms in total. The summed E-state index contributed by atoms with van der Waals surface area (Å²) in [6, 6.07) is 7.08. The summed E-state index contributed by atoms with van der Waals surface area (Å²) in [5.74, 6) is 0. The number of rotatable bonds is 2. The van der Waals surface area contributed by atoms with Gasteiger partial charge in [0, 0.05) is 17.3 Å². The molecule has 1 aromatic rings. The van der Waals surface area contributed by atoms with E-state index in [0.29, 0.717) is 23.9 Å². The number of nitrogens with zero attached hydrogens (tertiary/aromatic N) is 1. The number of carbonyl (C=O) groups is 1. The van der Waals surface area contributed by atoms with E-state index in [4.69, 9.17) is 22.1 Å². The largest absolute Gasteiger partial charge is 0.447 e. The third-order valence-electron chi connectivity index (χ3n) is 2.74. The van der Waals surface area contributed by atoms with Crippen molar-refractivity contribution < 1.29 is 9.53 Å². The number of cyclic esters (lactones) is 1. The monoisotopic (exact) mass is 240 g/mol. The van der Waals surface area contributed by atoms with Crippen molar-refractivity contribution in [2.75, 3.05) is 18.1 Å². The number of hydrogen-bond donors (Lipinski definition) is 1. The number of carbonyl (C=O) groups excluding carboxylic acids is 1. The quantitative estimate of drug-likeness (QED) is 0.861. The fraction of sp³-hybridized carbons (Fsp3) is 0.364. The van der Waals surface area contributed by atoms with Crippen LogP contribution < -0.4 is 10.6 Å². The van der Waals surface area contributed by atoms with E-state index in [-0.39, 0.29) is 6.09 Å². The Morgan fingerprint density at radius 1 is 1.62 bits per heavy atom. The Morgan fingerprint density at radius 3 is 3.00 bits per heavy atom. The SMILES string of the molecule is CC1(CN)COC(=O)N1c1cccc(Cl)c1. The molecule has 0 bridgehead atoms. The van der Waals surface area contributed by atoms with Gasteiger partial charge in [-0.15, -0.1) is 0 Å². The number of amides is 1. The number of hydrogen-bond acceptors (Lipinski definition) is 3. The van der Waals surface area contributed by atoms with Crippen LogP contribution in [0.3, 0.4) is 0 Å². The molecule has 1 saturated heterocycles. The predicted molar refractivity (Wildman–Crippen MR) is 62.7 cm³/mol. The fourth-order valence-electron chi connectivity index (χ4n) is 1.75. The van der Waals surface area contributed by atoms with Crippen LogP contribution >= 0.6 is 11.6 Å². The van der Waals surface area contributed by atoms with Gasteiger partial charge in [-0.3, -0.25) is 4.90 Å². The van der Waals surface area contributed by atoms with E-state index >= 15 is 0 Å². The van der Waals surface area contributed by atoms with Gasteiger partial charge in [0.1, 0.15) is 6.61 Å². The Bertz CT molecular complexity index is 424. The van der Waals surface area contributed by atoms with Crippen LogP contribution in [0.1, 0.15) is 6.92 Å². The lowest BCUT2D eigenvalue weighted by Crippen LogP contribution is -2.50. The first-order valence-electron chi connectivity index (χ1n) is 4.99. The second-order valence-corrected chi connectivity index (χ2v) is 4.51. The summed E-state index contributed by atoms with van der Waals surface area (Å²) in [6.45, 7) is 2.53. The maximum absolute atomic E-state index is 11.7. The van der Waals surface area contributed by atoms with Gasteiger partial charge in [0.25, 0.3) is 0 Å². The van der Waals surface area contributed by atoms with E-state index in [0.717, 1.165) is 0 Å². The van der Waals surface area contributed by atoms with Crippen LogP contribution in [-0.4, -0.2) is 24.8 Å². The highest BCUT2D eigenvalue weighted by Gasteiger charge is 2.43. The van der Waals surface area contributed by atoms with Crippen molar-refractivity contribution in [2.45, 2.75) is 12.5 Å². The number of anilines is 1. The average Bonchev–Trinajstić information content (AvgIpc) is 2.56. The zero-order chi connectivity index (χ0) is 11.8. The molecule has 0 aromatic heterocycles. The summed E-state index contributed by atoms with van der Waals surface area (Å²) in [7, 11) is 0. The molecule has 2 N–H and O–H groups in total. The lowest BCUT2D eigenvalue weighted by molar-refractivity contribution is 0.174. The summed E-state index contributed by atoms with van der Waals surface area (Å²) in [5.41, 5.74) is 5.90. The first-order chi connectivity index (χ1) is 7.57. The molecule has 1 amide bonds. The Kier molecular flexibility index (Phi) is 2.78. The highest BCUT2D eigenvalue weighted by Crippen LogP contribution is 2.31. The highest BCUT2D eigenvalue weighted by atomic mass is 35.5. The Balaban J connectivity index is 2.41. The summed E-state index contributed by atoms with van der Waals surface area (Å²) in [6.07, 6.45) is -0.379. The lowest BCUT2D eigenvalue weighted by Gasteiger charge is -2.30. The van der Waals surface area contributed by atoms with Crippen molar-refractivity contribution in [3.05, 3.63) is 29.3 Å². The number of ether oxygens (including phenoxy) is 1. The Labute approximate surface area is 98.9 Å². The van der Waals surface area contributed by atoms with Crippen molar-refractivity contribution >= 4 is 23.4 Å². The van der Waals surface area contributed by atoms with Gasteiger partial charge in [-0.05, 0) is 25.1 Å². The number of nitrogens with two attached hydrogens (primary N) is 1. The molecule has 0 saturated carbocycles. The zero-order valence-electron chi connectivity index (χ0n) is 8.94. The van der Waals surface area contributed by atoms with Crippen molar-refractivity contribution in [2.24, 2.45) is 5.73 Å². The second kappa shape index (κ2) is 3.96. The molecule has 16 heavy (non-hydrogen) atoms. The van der Waals surface area contributed by atoms with Crippen molar-refractivity contribution in [1.82, 2.24) is 0 Å². The molecule has 86 valence electrons. The van der Waals surface area contributed by atoms with Crippen LogP contribution in [0.25, 0.3) is 0 Å². The number of benzene rings is 1. The molecule has 1 fully saturated rings. The minimum absolute atomic E-state index is 0.300. The van der Waals surface area contributed by atoms with Crippen LogP contribution in [0, 0.1) is 0 Å². The van der Waals surface area contributed by atoms with E-state index < -0.39 is 5.54 Å². The maximum atomic E-state index is 11.7. The van der Waals surface area contributed by atoms with Crippen LogP contribution in [0.5, 0.6) is 0 Å². The molecule has 0 radical (unpaired) electrons. The second-order valence-electron chi connectivity index (χ2n) is 4.07. The molecule has 5 heteroatoms. The van der Waals surface area contributed by atoms with E-state index in [1.54, 1.807) is 23.1 Å². The van der Waals surface area contributed by atoms with Gasteiger partial charge in [0.15, 0.2) is 0 Å². The molecule has 0 spiro atoms. The predicted octanol–water partition coefficient (Wildman–Crippen LogP) is 2.01. The molecule has 1 aliphatic rings. The van der Waals surface area contributed by atoms with Crippen LogP contribution in [0.15, 0.2) is 24.3 Å². The molecule has 0 aliphatic carbocycles. The van der Waals surface area contributed by atoms with Crippen molar-refractivity contribution in [1.29, 1.82) is 0 Å². The highest BCUT2D eigenvalue weighted by molar-refractivity contribution is 6.30. The van der Waals surface area contributed by atoms with E-state index in [1.165, 1.54) is 0 Å². The van der Waals surface area contributed by atoms with Crippen LogP contribution in [0.4, 0.5) is 10.5 Å². The first kappa shape index (κ1) is 11.2. The third-order valence-corrected chi connectivity index (χ3v) is 2.97. The number of halogens is 1. The van der Waals surface area contributed by atoms with E-state index in [2.05, 4.69) is 0 Å². The molecule has 1 unspecified atom stereocenters. The van der Waals surface area contributed by atoms with Gasteiger partial charge in [0.05, 0.1) is 5.54 Å². The lowest BCUT2D eigenvalue weighted by atomic mass is 10.0. The smallest absolute Gasteiger partial charge is 0.415 e. The molecule has 2 rings (SSSR count). The van der Waals surface area contributed by atoms with Gasteiger partial charge in [-0.25, -0.2) is 4.79 Å². The van der Waals surface area contributed by atoms with Gasteiger partial charge < -0.3 is 10.5 Å².